The molecule has 1 unspecified atom stereocenters. The van der Waals surface area contributed by atoms with Gasteiger partial charge in [0, 0.05) is 6.04 Å². The van der Waals surface area contributed by atoms with Crippen molar-refractivity contribution in [1.82, 2.24) is 4.72 Å². The Balaban J connectivity index is 3.41. The highest BCUT2D eigenvalue weighted by Gasteiger charge is 2.38. The lowest BCUT2D eigenvalue weighted by atomic mass is 10.0. The monoisotopic (exact) mass is 353 g/mol. The highest BCUT2D eigenvalue weighted by atomic mass is 32.2. The van der Waals surface area contributed by atoms with Gasteiger partial charge in [-0.2, -0.15) is 13.2 Å². The summed E-state index contributed by atoms with van der Waals surface area (Å²) < 4.78 is 66.5. The topological polar surface area (TPSA) is 66.4 Å². The van der Waals surface area contributed by atoms with Crippen LogP contribution in [0.3, 0.4) is 0 Å². The van der Waals surface area contributed by atoms with Crippen LogP contribution in [0.2, 0.25) is 0 Å². The zero-order valence-electron chi connectivity index (χ0n) is 13.7. The van der Waals surface area contributed by atoms with Crippen molar-refractivity contribution in [2.24, 2.45) is 0 Å². The van der Waals surface area contributed by atoms with Crippen LogP contribution in [0.4, 0.5) is 13.2 Å². The van der Waals surface area contributed by atoms with Gasteiger partial charge in [0.25, 0.3) is 0 Å². The lowest BCUT2D eigenvalue weighted by Crippen LogP contribution is -2.47. The van der Waals surface area contributed by atoms with E-state index in [1.807, 2.05) is 0 Å². The van der Waals surface area contributed by atoms with Gasteiger partial charge in [0.2, 0.25) is 10.0 Å². The molecule has 1 atom stereocenters. The van der Waals surface area contributed by atoms with Gasteiger partial charge < -0.3 is 5.11 Å². The minimum atomic E-state index is -4.80. The number of benzene rings is 1. The third-order valence-electron chi connectivity index (χ3n) is 3.66. The zero-order chi connectivity index (χ0) is 18.2. The van der Waals surface area contributed by atoms with Crippen molar-refractivity contribution in [1.29, 1.82) is 0 Å². The van der Waals surface area contributed by atoms with Crippen LogP contribution in [0.15, 0.2) is 23.1 Å². The Morgan fingerprint density at radius 1 is 1.13 bits per heavy atom. The van der Waals surface area contributed by atoms with E-state index in [-0.39, 0.29) is 5.92 Å². The zero-order valence-corrected chi connectivity index (χ0v) is 14.5. The number of halogens is 3. The van der Waals surface area contributed by atoms with E-state index in [1.54, 1.807) is 13.8 Å². The molecule has 1 rings (SSSR count). The van der Waals surface area contributed by atoms with Crippen LogP contribution >= 0.6 is 0 Å². The lowest BCUT2D eigenvalue weighted by molar-refractivity contribution is -0.139. The number of hydrogen-bond donors (Lipinski definition) is 2. The predicted octanol–water partition coefficient (Wildman–Crippen LogP) is 3.27. The summed E-state index contributed by atoms with van der Waals surface area (Å²) in [5.74, 6) is -0.170. The molecule has 4 nitrogen and oxygen atoms in total. The smallest absolute Gasteiger partial charge is 0.389 e. The van der Waals surface area contributed by atoms with Gasteiger partial charge in [-0.3, -0.25) is 0 Å². The first-order chi connectivity index (χ1) is 10.2. The van der Waals surface area contributed by atoms with Crippen molar-refractivity contribution in [3.8, 4) is 0 Å². The molecular weight excluding hydrogens is 331 g/mol. The fourth-order valence-electron chi connectivity index (χ4n) is 1.80. The molecule has 0 heterocycles. The van der Waals surface area contributed by atoms with E-state index in [0.29, 0.717) is 5.56 Å². The molecule has 0 bridgehead atoms. The van der Waals surface area contributed by atoms with Crippen LogP contribution in [0.25, 0.3) is 0 Å². The quantitative estimate of drug-likeness (QED) is 0.854. The molecule has 0 saturated carbocycles. The summed E-state index contributed by atoms with van der Waals surface area (Å²) in [5.41, 5.74) is -2.23. The van der Waals surface area contributed by atoms with Crippen LogP contribution < -0.4 is 4.72 Å². The molecule has 2 N–H and O–H groups in total. The average molecular weight is 353 g/mol. The second-order valence-electron chi connectivity index (χ2n) is 6.40. The fraction of sp³-hybridized carbons (Fsp3) is 0.600. The van der Waals surface area contributed by atoms with E-state index in [4.69, 9.17) is 0 Å². The summed E-state index contributed by atoms with van der Waals surface area (Å²) in [7, 11) is -4.43. The summed E-state index contributed by atoms with van der Waals surface area (Å²) in [6.45, 7) is 7.56. The van der Waals surface area contributed by atoms with Crippen molar-refractivity contribution in [3.63, 3.8) is 0 Å². The maximum atomic E-state index is 13.3. The van der Waals surface area contributed by atoms with E-state index in [0.717, 1.165) is 12.1 Å². The molecule has 1 aromatic carbocycles. The summed E-state index contributed by atoms with van der Waals surface area (Å²) in [6.07, 6.45) is -4.80. The molecule has 0 radical (unpaired) electrons. The predicted molar refractivity (Wildman–Crippen MR) is 81.6 cm³/mol. The molecule has 132 valence electrons. The Bertz CT molecular complexity index is 662. The normalized spacial score (nSPS) is 15.0. The summed E-state index contributed by atoms with van der Waals surface area (Å²) in [6, 6.07) is 2.22. The largest absolute Gasteiger partial charge is 0.417 e. The number of sulfonamides is 1. The lowest BCUT2D eigenvalue weighted by Gasteiger charge is -2.27. The summed E-state index contributed by atoms with van der Waals surface area (Å²) in [5, 5.41) is 9.79. The van der Waals surface area contributed by atoms with E-state index < -0.39 is 38.3 Å². The van der Waals surface area contributed by atoms with Crippen molar-refractivity contribution < 1.29 is 26.7 Å². The minimum absolute atomic E-state index is 0.170. The van der Waals surface area contributed by atoms with E-state index in [2.05, 4.69) is 4.72 Å². The molecule has 23 heavy (non-hydrogen) atoms. The number of nitrogens with one attached hydrogen (secondary N) is 1. The second kappa shape index (κ2) is 6.41. The molecule has 8 heteroatoms. The van der Waals surface area contributed by atoms with Gasteiger partial charge >= 0.3 is 6.18 Å². The van der Waals surface area contributed by atoms with Gasteiger partial charge in [0.1, 0.15) is 0 Å². The second-order valence-corrected chi connectivity index (χ2v) is 8.09. The molecular formula is C15H22F3NO3S. The van der Waals surface area contributed by atoms with Crippen LogP contribution in [0.1, 0.15) is 51.7 Å². The highest BCUT2D eigenvalue weighted by molar-refractivity contribution is 7.89. The molecule has 0 aromatic heterocycles. The SMILES string of the molecule is CC(C)c1ccc(S(=O)(=O)NC(C)C(C)(C)O)c(C(F)(F)F)c1. The first kappa shape index (κ1) is 19.9. The maximum Gasteiger partial charge on any atom is 0.417 e. The van der Waals surface area contributed by atoms with Gasteiger partial charge in [0.05, 0.1) is 16.1 Å². The van der Waals surface area contributed by atoms with Gasteiger partial charge in [-0.05, 0) is 44.4 Å². The Morgan fingerprint density at radius 2 is 1.65 bits per heavy atom. The van der Waals surface area contributed by atoms with Crippen LogP contribution in [-0.2, 0) is 16.2 Å². The van der Waals surface area contributed by atoms with Gasteiger partial charge in [-0.1, -0.05) is 19.9 Å². The number of aliphatic hydroxyl groups is 1. The molecule has 0 fully saturated rings. The summed E-state index contributed by atoms with van der Waals surface area (Å²) >= 11 is 0. The third-order valence-corrected chi connectivity index (χ3v) is 5.26. The third kappa shape index (κ3) is 4.92. The van der Waals surface area contributed by atoms with Crippen molar-refractivity contribution in [2.75, 3.05) is 0 Å². The average Bonchev–Trinajstić information content (AvgIpc) is 2.35. The molecule has 0 amide bonds. The standard InChI is InChI=1S/C15H22F3NO3S/c1-9(2)11-6-7-13(12(8-11)15(16,17)18)23(21,22)19-10(3)14(4,5)20/h6-10,19-20H,1-5H3. The van der Waals surface area contributed by atoms with Crippen molar-refractivity contribution >= 4 is 10.0 Å². The minimum Gasteiger partial charge on any atom is -0.389 e. The van der Waals surface area contributed by atoms with Gasteiger partial charge in [0.15, 0.2) is 0 Å². The maximum absolute atomic E-state index is 13.3. The van der Waals surface area contributed by atoms with E-state index in [1.165, 1.54) is 26.8 Å². The highest BCUT2D eigenvalue weighted by Crippen LogP contribution is 2.36. The Kier molecular flexibility index (Phi) is 5.55. The fourth-order valence-corrected chi connectivity index (χ4v) is 3.40. The van der Waals surface area contributed by atoms with E-state index >= 15 is 0 Å². The van der Waals surface area contributed by atoms with Gasteiger partial charge in [-0.15, -0.1) is 0 Å². The Hall–Kier alpha value is -1.12. The first-order valence-corrected chi connectivity index (χ1v) is 8.60. The first-order valence-electron chi connectivity index (χ1n) is 7.12. The molecule has 0 aliphatic heterocycles. The molecule has 0 spiro atoms. The molecule has 0 saturated heterocycles. The summed E-state index contributed by atoms with van der Waals surface area (Å²) in [4.78, 5) is -0.842. The van der Waals surface area contributed by atoms with Crippen LogP contribution in [0, 0.1) is 0 Å². The van der Waals surface area contributed by atoms with Gasteiger partial charge in [-0.25, -0.2) is 13.1 Å². The number of alkyl halides is 3. The molecule has 0 aliphatic rings. The number of hydrogen-bond acceptors (Lipinski definition) is 3. The molecule has 0 aliphatic carbocycles. The van der Waals surface area contributed by atoms with E-state index in [9.17, 15) is 26.7 Å². The number of rotatable bonds is 5. The Morgan fingerprint density at radius 3 is 2.04 bits per heavy atom. The van der Waals surface area contributed by atoms with Crippen molar-refractivity contribution in [3.05, 3.63) is 29.3 Å². The molecule has 1 aromatic rings. The Labute approximate surface area is 134 Å². The van der Waals surface area contributed by atoms with Crippen molar-refractivity contribution in [2.45, 2.75) is 63.3 Å². The van der Waals surface area contributed by atoms with Crippen LogP contribution in [-0.4, -0.2) is 25.2 Å². The van der Waals surface area contributed by atoms with Crippen LogP contribution in [0.5, 0.6) is 0 Å².